The van der Waals surface area contributed by atoms with Crippen LogP contribution in [0.2, 0.25) is 0 Å². The van der Waals surface area contributed by atoms with Gasteiger partial charge in [0.15, 0.2) is 0 Å². The predicted octanol–water partition coefficient (Wildman–Crippen LogP) is 3.57. The van der Waals surface area contributed by atoms with E-state index < -0.39 is 0 Å². The molecule has 0 spiro atoms. The van der Waals surface area contributed by atoms with Crippen LogP contribution in [0.3, 0.4) is 0 Å². The maximum Gasteiger partial charge on any atom is 0.0945 e. The molecule has 2 heteroatoms. The summed E-state index contributed by atoms with van der Waals surface area (Å²) in [5, 5.41) is 0. The number of hydrogen-bond donors (Lipinski definition) is 0. The third kappa shape index (κ3) is 6.46. The van der Waals surface area contributed by atoms with Crippen LogP contribution in [0.5, 0.6) is 0 Å². The molecular weight excluding hydrogens is 172 g/mol. The molecule has 0 rings (SSSR count). The smallest absolute Gasteiger partial charge is 0.0945 e. The molecule has 0 bridgehead atoms. The lowest BCUT2D eigenvalue weighted by molar-refractivity contribution is 0.703. The number of aliphatic imine (C=N–C) groups is 1. The van der Waals surface area contributed by atoms with Crippen molar-refractivity contribution in [2.24, 2.45) is 4.99 Å². The van der Waals surface area contributed by atoms with E-state index in [1.165, 1.54) is 0 Å². The van der Waals surface area contributed by atoms with Gasteiger partial charge in [0.2, 0.25) is 0 Å². The summed E-state index contributed by atoms with van der Waals surface area (Å²) in [5.74, 6) is 0. The molecule has 0 aliphatic rings. The molecule has 0 radical (unpaired) electrons. The van der Waals surface area contributed by atoms with Crippen LogP contribution < -0.4 is 0 Å². The van der Waals surface area contributed by atoms with Gasteiger partial charge in [-0.25, -0.2) is 4.99 Å². The summed E-state index contributed by atoms with van der Waals surface area (Å²) in [5.41, 5.74) is 1.16. The van der Waals surface area contributed by atoms with Crippen molar-refractivity contribution in [3.63, 3.8) is 0 Å². The summed E-state index contributed by atoms with van der Waals surface area (Å²) in [6.07, 6.45) is 11.3. The van der Waals surface area contributed by atoms with E-state index in [1.54, 1.807) is 0 Å². The highest BCUT2D eigenvalue weighted by atomic mass is 15.1. The standard InChI is InChI=1S/C12H22N2/c1-5-8-10-14(4)11-13-12(7-3)9-6-2/h8-11H,5-7H2,1-4H3/b10-8-,12-9+,13-11?. The van der Waals surface area contributed by atoms with Gasteiger partial charge >= 0.3 is 0 Å². The normalized spacial score (nSPS) is 13.0. The Bertz CT molecular complexity index is 214. The van der Waals surface area contributed by atoms with Crippen LogP contribution in [0.4, 0.5) is 0 Å². The Morgan fingerprint density at radius 1 is 1.21 bits per heavy atom. The first-order valence-electron chi connectivity index (χ1n) is 5.36. The van der Waals surface area contributed by atoms with Crippen molar-refractivity contribution in [1.29, 1.82) is 0 Å². The summed E-state index contributed by atoms with van der Waals surface area (Å²) in [4.78, 5) is 6.37. The van der Waals surface area contributed by atoms with Crippen LogP contribution in [-0.2, 0) is 0 Å². The van der Waals surface area contributed by atoms with Gasteiger partial charge in [0.05, 0.1) is 6.34 Å². The topological polar surface area (TPSA) is 15.6 Å². The van der Waals surface area contributed by atoms with Gasteiger partial charge in [0.25, 0.3) is 0 Å². The van der Waals surface area contributed by atoms with Crippen molar-refractivity contribution in [2.45, 2.75) is 40.0 Å². The quantitative estimate of drug-likeness (QED) is 0.466. The highest BCUT2D eigenvalue weighted by molar-refractivity contribution is 5.57. The molecule has 0 saturated carbocycles. The Kier molecular flexibility index (Phi) is 7.90. The van der Waals surface area contributed by atoms with E-state index in [0.717, 1.165) is 25.0 Å². The van der Waals surface area contributed by atoms with Gasteiger partial charge in [0, 0.05) is 18.9 Å². The molecule has 0 saturated heterocycles. The van der Waals surface area contributed by atoms with E-state index in [0.29, 0.717) is 0 Å². The molecule has 0 unspecified atom stereocenters. The Morgan fingerprint density at radius 2 is 1.93 bits per heavy atom. The van der Waals surface area contributed by atoms with Gasteiger partial charge in [0.1, 0.15) is 0 Å². The first-order valence-corrected chi connectivity index (χ1v) is 5.36. The zero-order chi connectivity index (χ0) is 10.8. The monoisotopic (exact) mass is 194 g/mol. The van der Waals surface area contributed by atoms with Gasteiger partial charge in [-0.3, -0.25) is 0 Å². The molecule has 0 aromatic rings. The van der Waals surface area contributed by atoms with Crippen molar-refractivity contribution < 1.29 is 0 Å². The fourth-order valence-electron chi connectivity index (χ4n) is 0.999. The number of rotatable bonds is 6. The van der Waals surface area contributed by atoms with Crippen LogP contribution >= 0.6 is 0 Å². The van der Waals surface area contributed by atoms with Gasteiger partial charge in [-0.1, -0.05) is 32.9 Å². The Morgan fingerprint density at radius 3 is 2.43 bits per heavy atom. The molecule has 0 heterocycles. The van der Waals surface area contributed by atoms with Crippen LogP contribution in [0.15, 0.2) is 29.0 Å². The Balaban J connectivity index is 4.12. The maximum absolute atomic E-state index is 4.40. The van der Waals surface area contributed by atoms with Crippen molar-refractivity contribution in [2.75, 3.05) is 7.05 Å². The second-order valence-electron chi connectivity index (χ2n) is 3.16. The summed E-state index contributed by atoms with van der Waals surface area (Å²) in [7, 11) is 1.99. The molecule has 0 aromatic heterocycles. The van der Waals surface area contributed by atoms with Crippen molar-refractivity contribution in [1.82, 2.24) is 4.90 Å². The molecule has 2 nitrogen and oxygen atoms in total. The molecule has 14 heavy (non-hydrogen) atoms. The second kappa shape index (κ2) is 8.54. The zero-order valence-electron chi connectivity index (χ0n) is 9.83. The van der Waals surface area contributed by atoms with Crippen LogP contribution in [0.1, 0.15) is 40.0 Å². The molecule has 80 valence electrons. The Hall–Kier alpha value is -1.05. The molecule has 0 N–H and O–H groups in total. The fourth-order valence-corrected chi connectivity index (χ4v) is 0.999. The predicted molar refractivity (Wildman–Crippen MR) is 64.4 cm³/mol. The van der Waals surface area contributed by atoms with Crippen molar-refractivity contribution in [3.8, 4) is 0 Å². The fraction of sp³-hybridized carbons (Fsp3) is 0.583. The van der Waals surface area contributed by atoms with Crippen LogP contribution in [-0.4, -0.2) is 18.3 Å². The molecule has 0 aromatic carbocycles. The SMILES string of the molecule is CC/C=C\N(C)C=N/C(=C/CC)CC. The lowest BCUT2D eigenvalue weighted by Crippen LogP contribution is -2.06. The molecule has 0 aliphatic heterocycles. The number of nitrogens with zero attached hydrogens (tertiary/aromatic N) is 2. The minimum Gasteiger partial charge on any atom is -0.342 e. The molecule has 0 atom stereocenters. The summed E-state index contributed by atoms with van der Waals surface area (Å²) >= 11 is 0. The highest BCUT2D eigenvalue weighted by Gasteiger charge is 1.88. The third-order valence-corrected chi connectivity index (χ3v) is 1.78. The van der Waals surface area contributed by atoms with E-state index in [-0.39, 0.29) is 0 Å². The minimum absolute atomic E-state index is 0.996. The largest absolute Gasteiger partial charge is 0.342 e. The molecular formula is C12H22N2. The average Bonchev–Trinajstić information content (AvgIpc) is 2.21. The van der Waals surface area contributed by atoms with Crippen molar-refractivity contribution in [3.05, 3.63) is 24.0 Å². The third-order valence-electron chi connectivity index (χ3n) is 1.78. The van der Waals surface area contributed by atoms with E-state index in [2.05, 4.69) is 37.9 Å². The minimum atomic E-state index is 0.996. The van der Waals surface area contributed by atoms with Crippen molar-refractivity contribution >= 4 is 6.34 Å². The van der Waals surface area contributed by atoms with E-state index >= 15 is 0 Å². The number of allylic oxidation sites excluding steroid dienone is 3. The first kappa shape index (κ1) is 12.9. The summed E-state index contributed by atoms with van der Waals surface area (Å²) in [6.45, 7) is 6.38. The molecule has 0 fully saturated rings. The maximum atomic E-state index is 4.40. The highest BCUT2D eigenvalue weighted by Crippen LogP contribution is 2.03. The van der Waals surface area contributed by atoms with Crippen LogP contribution in [0, 0.1) is 0 Å². The first-order chi connectivity index (χ1) is 6.74. The lowest BCUT2D eigenvalue weighted by atomic mass is 10.3. The summed E-state index contributed by atoms with van der Waals surface area (Å²) < 4.78 is 0. The average molecular weight is 194 g/mol. The summed E-state index contributed by atoms with van der Waals surface area (Å²) in [6, 6.07) is 0. The second-order valence-corrected chi connectivity index (χ2v) is 3.16. The lowest BCUT2D eigenvalue weighted by Gasteiger charge is -2.05. The zero-order valence-corrected chi connectivity index (χ0v) is 9.83. The Labute approximate surface area is 88.0 Å². The van der Waals surface area contributed by atoms with Gasteiger partial charge in [-0.15, -0.1) is 0 Å². The van der Waals surface area contributed by atoms with Gasteiger partial charge in [-0.05, 0) is 19.3 Å². The van der Waals surface area contributed by atoms with E-state index in [9.17, 15) is 0 Å². The van der Waals surface area contributed by atoms with Gasteiger partial charge < -0.3 is 4.90 Å². The van der Waals surface area contributed by atoms with Crippen LogP contribution in [0.25, 0.3) is 0 Å². The van der Waals surface area contributed by atoms with E-state index in [4.69, 9.17) is 0 Å². The molecule has 0 aliphatic carbocycles. The van der Waals surface area contributed by atoms with Gasteiger partial charge in [-0.2, -0.15) is 0 Å². The molecule has 0 amide bonds. The number of hydrogen-bond acceptors (Lipinski definition) is 1. The van der Waals surface area contributed by atoms with E-state index in [1.807, 2.05) is 24.5 Å².